The molecule has 5 nitrogen and oxygen atoms in total. The maximum atomic E-state index is 10.7. The van der Waals surface area contributed by atoms with E-state index in [9.17, 15) is 9.59 Å². The lowest BCUT2D eigenvalue weighted by atomic mass is 10.2. The first-order valence-corrected chi connectivity index (χ1v) is 3.56. The highest BCUT2D eigenvalue weighted by atomic mass is 35.5. The van der Waals surface area contributed by atoms with Gasteiger partial charge in [-0.3, -0.25) is 4.79 Å². The molecule has 2 N–H and O–H groups in total. The second-order valence-corrected chi connectivity index (χ2v) is 2.31. The number of hydrogen-bond acceptors (Lipinski definition) is 3. The Hall–Kier alpha value is -1.36. The third-order valence-corrected chi connectivity index (χ3v) is 1.52. The van der Waals surface area contributed by atoms with E-state index in [1.165, 1.54) is 0 Å². The summed E-state index contributed by atoms with van der Waals surface area (Å²) in [7, 11) is 0. The summed E-state index contributed by atoms with van der Waals surface area (Å²) in [6, 6.07) is 1.11. The minimum atomic E-state index is -1.21. The standard InChI is InChI=1S/C6H5ClN2O3/c7-2-3-1-4(10)8-9-5(3)6(11)12/h1H,2H2,(H,8,10)(H,11,12). The van der Waals surface area contributed by atoms with Crippen LogP contribution in [0.4, 0.5) is 0 Å². The molecule has 1 rings (SSSR count). The highest BCUT2D eigenvalue weighted by Gasteiger charge is 2.11. The van der Waals surface area contributed by atoms with Crippen molar-refractivity contribution in [1.29, 1.82) is 0 Å². The van der Waals surface area contributed by atoms with Crippen LogP contribution in [-0.2, 0) is 5.88 Å². The largest absolute Gasteiger partial charge is 0.476 e. The van der Waals surface area contributed by atoms with E-state index in [4.69, 9.17) is 16.7 Å². The number of hydrogen-bond donors (Lipinski definition) is 2. The average Bonchev–Trinajstić information content (AvgIpc) is 2.03. The molecule has 0 radical (unpaired) electrons. The maximum absolute atomic E-state index is 10.7. The number of H-pyrrole nitrogens is 1. The van der Waals surface area contributed by atoms with Gasteiger partial charge in [0.25, 0.3) is 5.56 Å². The van der Waals surface area contributed by atoms with E-state index in [1.807, 2.05) is 5.10 Å². The van der Waals surface area contributed by atoms with Gasteiger partial charge in [0.05, 0.1) is 5.88 Å². The van der Waals surface area contributed by atoms with E-state index in [0.717, 1.165) is 6.07 Å². The Morgan fingerprint density at radius 2 is 2.42 bits per heavy atom. The molecule has 64 valence electrons. The Morgan fingerprint density at radius 3 is 2.92 bits per heavy atom. The molecule has 6 heteroatoms. The van der Waals surface area contributed by atoms with E-state index >= 15 is 0 Å². The fourth-order valence-electron chi connectivity index (χ4n) is 0.729. The first kappa shape index (κ1) is 8.73. The summed E-state index contributed by atoms with van der Waals surface area (Å²) in [6.45, 7) is 0. The van der Waals surface area contributed by atoms with E-state index in [-0.39, 0.29) is 17.1 Å². The summed E-state index contributed by atoms with van der Waals surface area (Å²) in [4.78, 5) is 21.1. The predicted octanol–water partition coefficient (Wildman–Crippen LogP) is 0.207. The summed E-state index contributed by atoms with van der Waals surface area (Å²) in [6.07, 6.45) is 0. The van der Waals surface area contributed by atoms with Crippen LogP contribution in [0.2, 0.25) is 0 Å². The van der Waals surface area contributed by atoms with Gasteiger partial charge in [0, 0.05) is 11.6 Å². The highest BCUT2D eigenvalue weighted by Crippen LogP contribution is 2.04. The minimum absolute atomic E-state index is 0.0431. The van der Waals surface area contributed by atoms with Crippen molar-refractivity contribution in [1.82, 2.24) is 10.2 Å². The average molecular weight is 189 g/mol. The molecule has 0 saturated carbocycles. The first-order chi connectivity index (χ1) is 5.65. The van der Waals surface area contributed by atoms with Gasteiger partial charge in [0.15, 0.2) is 5.69 Å². The number of carboxylic acids is 1. The zero-order chi connectivity index (χ0) is 9.14. The molecule has 0 aliphatic rings. The highest BCUT2D eigenvalue weighted by molar-refractivity contribution is 6.17. The SMILES string of the molecule is O=C(O)c1n[nH]c(=O)cc1CCl. The van der Waals surface area contributed by atoms with Crippen molar-refractivity contribution in [2.45, 2.75) is 5.88 Å². The van der Waals surface area contributed by atoms with Crippen molar-refractivity contribution in [3.63, 3.8) is 0 Å². The van der Waals surface area contributed by atoms with Crippen LogP contribution >= 0.6 is 11.6 Å². The molecule has 1 heterocycles. The molecule has 0 spiro atoms. The number of alkyl halides is 1. The molecule has 0 aliphatic carbocycles. The Labute approximate surface area is 72.0 Å². The number of halogens is 1. The van der Waals surface area contributed by atoms with Crippen molar-refractivity contribution in [2.24, 2.45) is 0 Å². The van der Waals surface area contributed by atoms with Gasteiger partial charge in [-0.05, 0) is 0 Å². The van der Waals surface area contributed by atoms with Crippen molar-refractivity contribution in [2.75, 3.05) is 0 Å². The van der Waals surface area contributed by atoms with Crippen LogP contribution in [0.5, 0.6) is 0 Å². The Morgan fingerprint density at radius 1 is 1.75 bits per heavy atom. The van der Waals surface area contributed by atoms with E-state index in [1.54, 1.807) is 0 Å². The summed E-state index contributed by atoms with van der Waals surface area (Å²) in [5.41, 5.74) is -0.465. The van der Waals surface area contributed by atoms with E-state index in [0.29, 0.717) is 0 Å². The first-order valence-electron chi connectivity index (χ1n) is 3.03. The molecule has 0 atom stereocenters. The van der Waals surface area contributed by atoms with E-state index < -0.39 is 11.5 Å². The van der Waals surface area contributed by atoms with Gasteiger partial charge in [0.1, 0.15) is 0 Å². The smallest absolute Gasteiger partial charge is 0.356 e. The number of aromatic carboxylic acids is 1. The minimum Gasteiger partial charge on any atom is -0.476 e. The number of carboxylic acid groups (broad SMARTS) is 1. The van der Waals surface area contributed by atoms with Crippen LogP contribution in [0.1, 0.15) is 16.1 Å². The van der Waals surface area contributed by atoms with E-state index in [2.05, 4.69) is 5.10 Å². The van der Waals surface area contributed by atoms with Gasteiger partial charge < -0.3 is 5.11 Å². The monoisotopic (exact) mass is 188 g/mol. The number of carbonyl (C=O) groups is 1. The molecular formula is C6H5ClN2O3. The molecule has 0 bridgehead atoms. The molecule has 1 aromatic rings. The summed E-state index contributed by atoms with van der Waals surface area (Å²) >= 11 is 5.39. The van der Waals surface area contributed by atoms with Crippen LogP contribution in [0.25, 0.3) is 0 Å². The number of nitrogens with zero attached hydrogens (tertiary/aromatic N) is 1. The third kappa shape index (κ3) is 1.62. The molecule has 1 aromatic heterocycles. The van der Waals surface area contributed by atoms with Gasteiger partial charge >= 0.3 is 5.97 Å². The fraction of sp³-hybridized carbons (Fsp3) is 0.167. The van der Waals surface area contributed by atoms with Crippen LogP contribution in [0.3, 0.4) is 0 Å². The number of aromatic amines is 1. The second kappa shape index (κ2) is 3.36. The summed E-state index contributed by atoms with van der Waals surface area (Å²) < 4.78 is 0. The number of aromatic nitrogens is 2. The van der Waals surface area contributed by atoms with Gasteiger partial charge in [-0.2, -0.15) is 5.10 Å². The Bertz CT molecular complexity index is 360. The number of rotatable bonds is 2. The Kier molecular flexibility index (Phi) is 2.44. The van der Waals surface area contributed by atoms with Crippen LogP contribution in [0.15, 0.2) is 10.9 Å². The van der Waals surface area contributed by atoms with Crippen molar-refractivity contribution in [3.8, 4) is 0 Å². The Balaban J connectivity index is 3.29. The molecule has 0 fully saturated rings. The summed E-state index contributed by atoms with van der Waals surface area (Å²) in [5, 5.41) is 13.9. The molecular weight excluding hydrogens is 184 g/mol. The summed E-state index contributed by atoms with van der Waals surface area (Å²) in [5.74, 6) is -1.25. The quantitative estimate of drug-likeness (QED) is 0.650. The number of nitrogens with one attached hydrogen (secondary N) is 1. The predicted molar refractivity (Wildman–Crippen MR) is 41.4 cm³/mol. The van der Waals surface area contributed by atoms with Gasteiger partial charge in [-0.15, -0.1) is 11.6 Å². The van der Waals surface area contributed by atoms with Gasteiger partial charge in [0.2, 0.25) is 0 Å². The van der Waals surface area contributed by atoms with Crippen molar-refractivity contribution < 1.29 is 9.90 Å². The normalized spacial score (nSPS) is 9.75. The zero-order valence-corrected chi connectivity index (χ0v) is 6.63. The lowest BCUT2D eigenvalue weighted by Gasteiger charge is -1.97. The molecule has 0 aliphatic heterocycles. The second-order valence-electron chi connectivity index (χ2n) is 2.04. The fourth-order valence-corrected chi connectivity index (χ4v) is 0.932. The van der Waals surface area contributed by atoms with Crippen LogP contribution < -0.4 is 5.56 Å². The van der Waals surface area contributed by atoms with Crippen LogP contribution in [0, 0.1) is 0 Å². The molecule has 0 unspecified atom stereocenters. The molecule has 0 aromatic carbocycles. The van der Waals surface area contributed by atoms with Crippen molar-refractivity contribution in [3.05, 3.63) is 27.7 Å². The topological polar surface area (TPSA) is 83.0 Å². The lowest BCUT2D eigenvalue weighted by Crippen LogP contribution is -2.14. The zero-order valence-electron chi connectivity index (χ0n) is 5.87. The molecule has 12 heavy (non-hydrogen) atoms. The molecule has 0 saturated heterocycles. The molecule has 0 amide bonds. The van der Waals surface area contributed by atoms with Crippen LogP contribution in [-0.4, -0.2) is 21.3 Å². The third-order valence-electron chi connectivity index (χ3n) is 1.23. The van der Waals surface area contributed by atoms with Gasteiger partial charge in [-0.25, -0.2) is 9.89 Å². The van der Waals surface area contributed by atoms with Gasteiger partial charge in [-0.1, -0.05) is 0 Å². The maximum Gasteiger partial charge on any atom is 0.356 e. The van der Waals surface area contributed by atoms with Crippen molar-refractivity contribution >= 4 is 17.6 Å². The lowest BCUT2D eigenvalue weighted by molar-refractivity contribution is 0.0688.